The maximum Gasteiger partial charge on any atom is 0.241 e. The van der Waals surface area contributed by atoms with Gasteiger partial charge in [-0.1, -0.05) is 5.16 Å². The molecule has 0 saturated heterocycles. The average Bonchev–Trinajstić information content (AvgIpc) is 2.99. The minimum Gasteiger partial charge on any atom is -0.354 e. The van der Waals surface area contributed by atoms with Gasteiger partial charge < -0.3 is 15.6 Å². The van der Waals surface area contributed by atoms with Crippen molar-refractivity contribution in [2.45, 2.75) is 12.5 Å². The molecule has 1 unspecified atom stereocenters. The minimum absolute atomic E-state index is 0.262. The Morgan fingerprint density at radius 2 is 2.50 bits per heavy atom. The number of aromatic nitrogens is 4. The molecule has 0 spiro atoms. The summed E-state index contributed by atoms with van der Waals surface area (Å²) in [5, 5.41) is 10.1. The molecule has 8 nitrogen and oxygen atoms in total. The maximum atomic E-state index is 11.7. The van der Waals surface area contributed by atoms with E-state index in [0.717, 1.165) is 0 Å². The molecule has 3 N–H and O–H groups in total. The number of hydrogen-bond donors (Lipinski definition) is 2. The highest BCUT2D eigenvalue weighted by Gasteiger charge is 2.16. The number of carbonyl (C=O) groups is 1. The zero-order chi connectivity index (χ0) is 13.0. The zero-order valence-electron chi connectivity index (χ0n) is 9.91. The molecule has 2 heterocycles. The van der Waals surface area contributed by atoms with Crippen LogP contribution < -0.4 is 11.1 Å². The van der Waals surface area contributed by atoms with Crippen LogP contribution in [0, 0.1) is 0 Å². The van der Waals surface area contributed by atoms with E-state index in [0.29, 0.717) is 24.4 Å². The van der Waals surface area contributed by atoms with E-state index in [2.05, 4.69) is 20.6 Å². The highest BCUT2D eigenvalue weighted by molar-refractivity contribution is 5.82. The van der Waals surface area contributed by atoms with Crippen LogP contribution in [-0.2, 0) is 18.3 Å². The summed E-state index contributed by atoms with van der Waals surface area (Å²) in [6.45, 7) is 0.398. The first-order valence-electron chi connectivity index (χ1n) is 5.44. The number of carbonyl (C=O) groups excluding carboxylic acids is 1. The summed E-state index contributed by atoms with van der Waals surface area (Å²) in [6, 6.07) is -0.721. The third kappa shape index (κ3) is 2.92. The first-order chi connectivity index (χ1) is 8.66. The van der Waals surface area contributed by atoms with E-state index < -0.39 is 6.04 Å². The van der Waals surface area contributed by atoms with E-state index in [1.165, 1.54) is 6.33 Å². The van der Waals surface area contributed by atoms with Gasteiger partial charge in [-0.3, -0.25) is 9.48 Å². The van der Waals surface area contributed by atoms with Crippen molar-refractivity contribution >= 4 is 5.91 Å². The fraction of sp³-hybridized carbons (Fsp3) is 0.400. The summed E-state index contributed by atoms with van der Waals surface area (Å²) < 4.78 is 6.40. The van der Waals surface area contributed by atoms with Crippen molar-refractivity contribution in [2.24, 2.45) is 12.8 Å². The molecule has 0 radical (unpaired) electrons. The van der Waals surface area contributed by atoms with Gasteiger partial charge in [0.05, 0.1) is 6.20 Å². The fourth-order valence-electron chi connectivity index (χ4n) is 1.46. The summed E-state index contributed by atoms with van der Waals surface area (Å²) in [5.41, 5.74) is 6.47. The second kappa shape index (κ2) is 5.41. The number of rotatable bonds is 5. The lowest BCUT2D eigenvalue weighted by atomic mass is 10.1. The van der Waals surface area contributed by atoms with Crippen LogP contribution in [0.3, 0.4) is 0 Å². The molecule has 0 fully saturated rings. The van der Waals surface area contributed by atoms with E-state index in [-0.39, 0.29) is 5.91 Å². The van der Waals surface area contributed by atoms with Crippen LogP contribution in [0.15, 0.2) is 23.2 Å². The molecule has 0 aliphatic rings. The largest absolute Gasteiger partial charge is 0.354 e. The van der Waals surface area contributed by atoms with Gasteiger partial charge in [0.25, 0.3) is 0 Å². The maximum absolute atomic E-state index is 11.7. The molecule has 0 bridgehead atoms. The Bertz CT molecular complexity index is 506. The van der Waals surface area contributed by atoms with Gasteiger partial charge in [-0.2, -0.15) is 10.1 Å². The lowest BCUT2D eigenvalue weighted by Gasteiger charge is -2.09. The molecule has 0 saturated carbocycles. The molecule has 2 aromatic heterocycles. The number of hydrogen-bond acceptors (Lipinski definition) is 6. The molecule has 1 atom stereocenters. The van der Waals surface area contributed by atoms with Crippen LogP contribution in [0.2, 0.25) is 0 Å². The standard InChI is InChI=1S/C10H14N6O2/c1-16-5-7(4-14-16)9(11)10(17)12-3-2-8-13-6-15-18-8/h4-6,9H,2-3,11H2,1H3,(H,12,17). The second-order valence-corrected chi connectivity index (χ2v) is 3.80. The van der Waals surface area contributed by atoms with Gasteiger partial charge in [0, 0.05) is 31.8 Å². The smallest absolute Gasteiger partial charge is 0.241 e. The number of nitrogens with one attached hydrogen (secondary N) is 1. The predicted molar refractivity (Wildman–Crippen MR) is 61.1 cm³/mol. The Balaban J connectivity index is 1.81. The Hall–Kier alpha value is -2.22. The van der Waals surface area contributed by atoms with E-state index in [1.54, 1.807) is 24.1 Å². The van der Waals surface area contributed by atoms with Crippen LogP contribution in [-0.4, -0.2) is 32.4 Å². The van der Waals surface area contributed by atoms with Crippen molar-refractivity contribution in [3.63, 3.8) is 0 Å². The molecule has 2 aromatic rings. The zero-order valence-corrected chi connectivity index (χ0v) is 9.91. The Kier molecular flexibility index (Phi) is 3.68. The Morgan fingerprint density at radius 3 is 3.11 bits per heavy atom. The van der Waals surface area contributed by atoms with Crippen molar-refractivity contribution < 1.29 is 9.32 Å². The van der Waals surface area contributed by atoms with E-state index >= 15 is 0 Å². The molecule has 18 heavy (non-hydrogen) atoms. The van der Waals surface area contributed by atoms with Gasteiger partial charge in [0.15, 0.2) is 6.33 Å². The lowest BCUT2D eigenvalue weighted by Crippen LogP contribution is -2.35. The first kappa shape index (κ1) is 12.2. The van der Waals surface area contributed by atoms with Gasteiger partial charge in [-0.15, -0.1) is 0 Å². The summed E-state index contributed by atoms with van der Waals surface area (Å²) >= 11 is 0. The second-order valence-electron chi connectivity index (χ2n) is 3.80. The SMILES string of the molecule is Cn1cc(C(N)C(=O)NCCc2ncno2)cn1. The topological polar surface area (TPSA) is 112 Å². The van der Waals surface area contributed by atoms with E-state index in [4.69, 9.17) is 10.3 Å². The average molecular weight is 250 g/mol. The molecule has 1 amide bonds. The normalized spacial score (nSPS) is 12.3. The Labute approximate surface area is 103 Å². The molecular formula is C10H14N6O2. The quantitative estimate of drug-likeness (QED) is 0.715. The van der Waals surface area contributed by atoms with E-state index in [1.807, 2.05) is 0 Å². The highest BCUT2D eigenvalue weighted by Crippen LogP contribution is 2.08. The van der Waals surface area contributed by atoms with E-state index in [9.17, 15) is 4.79 Å². The Morgan fingerprint density at radius 1 is 1.67 bits per heavy atom. The molecule has 0 aromatic carbocycles. The monoisotopic (exact) mass is 250 g/mol. The van der Waals surface area contributed by atoms with Crippen LogP contribution in [0.25, 0.3) is 0 Å². The van der Waals surface area contributed by atoms with Crippen LogP contribution in [0.1, 0.15) is 17.5 Å². The van der Waals surface area contributed by atoms with Crippen molar-refractivity contribution in [1.82, 2.24) is 25.2 Å². The van der Waals surface area contributed by atoms with Gasteiger partial charge in [-0.25, -0.2) is 0 Å². The molecule has 0 aliphatic carbocycles. The predicted octanol–water partition coefficient (Wildman–Crippen LogP) is -0.838. The van der Waals surface area contributed by atoms with Crippen LogP contribution >= 0.6 is 0 Å². The minimum atomic E-state index is -0.721. The summed E-state index contributed by atoms with van der Waals surface area (Å²) in [7, 11) is 1.77. The molecule has 96 valence electrons. The third-order valence-corrected chi connectivity index (χ3v) is 2.41. The van der Waals surface area contributed by atoms with Gasteiger partial charge in [-0.05, 0) is 0 Å². The van der Waals surface area contributed by atoms with Crippen molar-refractivity contribution in [2.75, 3.05) is 6.54 Å². The van der Waals surface area contributed by atoms with Gasteiger partial charge in [0.1, 0.15) is 6.04 Å². The van der Waals surface area contributed by atoms with Crippen molar-refractivity contribution in [1.29, 1.82) is 0 Å². The van der Waals surface area contributed by atoms with Gasteiger partial charge >= 0.3 is 0 Å². The molecule has 2 rings (SSSR count). The van der Waals surface area contributed by atoms with Crippen molar-refractivity contribution in [3.05, 3.63) is 30.2 Å². The molecule has 8 heteroatoms. The lowest BCUT2D eigenvalue weighted by molar-refractivity contribution is -0.122. The summed E-state index contributed by atoms with van der Waals surface area (Å²) in [5.74, 6) is 0.216. The molecule has 0 aliphatic heterocycles. The number of amides is 1. The number of nitrogens with two attached hydrogens (primary N) is 1. The molecular weight excluding hydrogens is 236 g/mol. The number of aryl methyl sites for hydroxylation is 1. The highest BCUT2D eigenvalue weighted by atomic mass is 16.5. The first-order valence-corrected chi connectivity index (χ1v) is 5.44. The summed E-state index contributed by atoms with van der Waals surface area (Å²) in [6.07, 6.45) is 5.08. The number of nitrogens with zero attached hydrogens (tertiary/aromatic N) is 4. The van der Waals surface area contributed by atoms with Gasteiger partial charge in [0.2, 0.25) is 11.8 Å². The third-order valence-electron chi connectivity index (χ3n) is 2.41. The summed E-state index contributed by atoms with van der Waals surface area (Å²) in [4.78, 5) is 15.6. The fourth-order valence-corrected chi connectivity index (χ4v) is 1.46. The van der Waals surface area contributed by atoms with Crippen molar-refractivity contribution in [3.8, 4) is 0 Å². The van der Waals surface area contributed by atoms with Crippen LogP contribution in [0.5, 0.6) is 0 Å². The van der Waals surface area contributed by atoms with Crippen LogP contribution in [0.4, 0.5) is 0 Å².